The van der Waals surface area contributed by atoms with Crippen LogP contribution in [-0.2, 0) is 6.42 Å². The standard InChI is InChI=1S/C15H23NO/c1-13(16-11-5-8-15(16)12-17)9-10-14-6-3-2-4-7-14/h2-4,6-7,13,15,17H,5,8-12H2,1H3. The molecule has 0 aliphatic carbocycles. The van der Waals surface area contributed by atoms with Crippen molar-refractivity contribution < 1.29 is 5.11 Å². The van der Waals surface area contributed by atoms with E-state index in [2.05, 4.69) is 42.2 Å². The largest absolute Gasteiger partial charge is 0.395 e. The van der Waals surface area contributed by atoms with Gasteiger partial charge in [-0.1, -0.05) is 30.3 Å². The average Bonchev–Trinajstić information content (AvgIpc) is 2.85. The number of rotatable bonds is 5. The van der Waals surface area contributed by atoms with Gasteiger partial charge in [-0.2, -0.15) is 0 Å². The van der Waals surface area contributed by atoms with Crippen LogP contribution < -0.4 is 0 Å². The van der Waals surface area contributed by atoms with E-state index in [-0.39, 0.29) is 0 Å². The molecule has 0 spiro atoms. The van der Waals surface area contributed by atoms with Gasteiger partial charge in [0.25, 0.3) is 0 Å². The minimum atomic E-state index is 0.315. The van der Waals surface area contributed by atoms with Crippen molar-refractivity contribution in [2.75, 3.05) is 13.2 Å². The molecule has 0 bridgehead atoms. The Balaban J connectivity index is 1.83. The van der Waals surface area contributed by atoms with Crippen LogP contribution in [0.5, 0.6) is 0 Å². The molecule has 2 heteroatoms. The summed E-state index contributed by atoms with van der Waals surface area (Å²) in [7, 11) is 0. The summed E-state index contributed by atoms with van der Waals surface area (Å²) < 4.78 is 0. The highest BCUT2D eigenvalue weighted by Gasteiger charge is 2.27. The molecule has 1 fully saturated rings. The molecule has 1 N–H and O–H groups in total. The number of aryl methyl sites for hydroxylation is 1. The Labute approximate surface area is 104 Å². The zero-order valence-corrected chi connectivity index (χ0v) is 10.7. The maximum absolute atomic E-state index is 9.33. The Morgan fingerprint density at radius 2 is 2.12 bits per heavy atom. The van der Waals surface area contributed by atoms with E-state index in [1.807, 2.05) is 0 Å². The van der Waals surface area contributed by atoms with Crippen LogP contribution in [0.4, 0.5) is 0 Å². The molecule has 1 aromatic carbocycles. The highest BCUT2D eigenvalue weighted by Crippen LogP contribution is 2.21. The molecule has 2 nitrogen and oxygen atoms in total. The number of likely N-dealkylation sites (tertiary alicyclic amines) is 1. The van der Waals surface area contributed by atoms with E-state index < -0.39 is 0 Å². The number of aliphatic hydroxyl groups is 1. The van der Waals surface area contributed by atoms with Crippen LogP contribution in [0.15, 0.2) is 30.3 Å². The van der Waals surface area contributed by atoms with Gasteiger partial charge in [-0.25, -0.2) is 0 Å². The fourth-order valence-corrected chi connectivity index (χ4v) is 2.82. The van der Waals surface area contributed by atoms with Gasteiger partial charge in [-0.3, -0.25) is 4.90 Å². The molecule has 2 atom stereocenters. The first-order valence-electron chi connectivity index (χ1n) is 6.72. The molecule has 0 radical (unpaired) electrons. The number of nitrogens with zero attached hydrogens (tertiary/aromatic N) is 1. The summed E-state index contributed by atoms with van der Waals surface area (Å²) in [5.74, 6) is 0. The van der Waals surface area contributed by atoms with Gasteiger partial charge in [-0.05, 0) is 44.7 Å². The average molecular weight is 233 g/mol. The van der Waals surface area contributed by atoms with Crippen molar-refractivity contribution >= 4 is 0 Å². The zero-order valence-electron chi connectivity index (χ0n) is 10.7. The Hall–Kier alpha value is -0.860. The number of aliphatic hydroxyl groups excluding tert-OH is 1. The van der Waals surface area contributed by atoms with Gasteiger partial charge in [-0.15, -0.1) is 0 Å². The van der Waals surface area contributed by atoms with Crippen molar-refractivity contribution in [3.05, 3.63) is 35.9 Å². The van der Waals surface area contributed by atoms with Crippen LogP contribution in [0.1, 0.15) is 31.7 Å². The Morgan fingerprint density at radius 1 is 1.35 bits per heavy atom. The Morgan fingerprint density at radius 3 is 2.82 bits per heavy atom. The summed E-state index contributed by atoms with van der Waals surface area (Å²) in [5.41, 5.74) is 1.42. The molecule has 0 amide bonds. The summed E-state index contributed by atoms with van der Waals surface area (Å²) in [6, 6.07) is 11.6. The van der Waals surface area contributed by atoms with Crippen molar-refractivity contribution in [2.45, 2.75) is 44.7 Å². The van der Waals surface area contributed by atoms with E-state index in [9.17, 15) is 5.11 Å². The summed E-state index contributed by atoms with van der Waals surface area (Å²) >= 11 is 0. The first kappa shape index (κ1) is 12.6. The monoisotopic (exact) mass is 233 g/mol. The zero-order chi connectivity index (χ0) is 12.1. The van der Waals surface area contributed by atoms with E-state index >= 15 is 0 Å². The highest BCUT2D eigenvalue weighted by molar-refractivity contribution is 5.14. The Bertz CT molecular complexity index is 325. The SMILES string of the molecule is CC(CCc1ccccc1)N1CCCC1CO. The maximum Gasteiger partial charge on any atom is 0.0586 e. The lowest BCUT2D eigenvalue weighted by Gasteiger charge is -2.29. The molecule has 2 rings (SSSR count). The molecule has 1 aliphatic heterocycles. The maximum atomic E-state index is 9.33. The first-order valence-corrected chi connectivity index (χ1v) is 6.72. The van der Waals surface area contributed by atoms with Gasteiger partial charge in [0.05, 0.1) is 6.61 Å². The van der Waals surface area contributed by atoms with Crippen LogP contribution in [0.2, 0.25) is 0 Å². The second-order valence-electron chi connectivity index (χ2n) is 5.09. The van der Waals surface area contributed by atoms with E-state index in [1.54, 1.807) is 0 Å². The van der Waals surface area contributed by atoms with E-state index in [0.29, 0.717) is 18.7 Å². The van der Waals surface area contributed by atoms with Crippen LogP contribution in [0.25, 0.3) is 0 Å². The second kappa shape index (κ2) is 6.18. The smallest absolute Gasteiger partial charge is 0.0586 e. The molecular weight excluding hydrogens is 210 g/mol. The summed E-state index contributed by atoms with van der Waals surface area (Å²) in [6.45, 7) is 3.76. The quantitative estimate of drug-likeness (QED) is 0.844. The van der Waals surface area contributed by atoms with Gasteiger partial charge < -0.3 is 5.11 Å². The van der Waals surface area contributed by atoms with Gasteiger partial charge in [0.15, 0.2) is 0 Å². The van der Waals surface area contributed by atoms with Crippen molar-refractivity contribution in [3.63, 3.8) is 0 Å². The van der Waals surface area contributed by atoms with Gasteiger partial charge in [0.1, 0.15) is 0 Å². The van der Waals surface area contributed by atoms with Gasteiger partial charge in [0.2, 0.25) is 0 Å². The summed E-state index contributed by atoms with van der Waals surface area (Å²) in [6.07, 6.45) is 4.71. The van der Waals surface area contributed by atoms with Crippen molar-refractivity contribution in [3.8, 4) is 0 Å². The molecular formula is C15H23NO. The lowest BCUT2D eigenvalue weighted by Crippen LogP contribution is -2.39. The van der Waals surface area contributed by atoms with E-state index in [1.165, 1.54) is 18.4 Å². The molecule has 1 saturated heterocycles. The van der Waals surface area contributed by atoms with Gasteiger partial charge in [0, 0.05) is 12.1 Å². The molecule has 0 saturated carbocycles. The second-order valence-corrected chi connectivity index (χ2v) is 5.09. The molecule has 1 aliphatic rings. The normalized spacial score (nSPS) is 22.8. The highest BCUT2D eigenvalue weighted by atomic mass is 16.3. The van der Waals surface area contributed by atoms with E-state index in [4.69, 9.17) is 0 Å². The molecule has 17 heavy (non-hydrogen) atoms. The fraction of sp³-hybridized carbons (Fsp3) is 0.600. The Kier molecular flexibility index (Phi) is 4.57. The first-order chi connectivity index (χ1) is 8.31. The molecule has 1 aromatic rings. The van der Waals surface area contributed by atoms with Crippen molar-refractivity contribution in [1.82, 2.24) is 4.90 Å². The summed E-state index contributed by atoms with van der Waals surface area (Å²) in [5, 5.41) is 9.33. The van der Waals surface area contributed by atoms with Crippen LogP contribution in [-0.4, -0.2) is 35.2 Å². The third-order valence-corrected chi connectivity index (χ3v) is 3.89. The lowest BCUT2D eigenvalue weighted by molar-refractivity contribution is 0.122. The lowest BCUT2D eigenvalue weighted by atomic mass is 10.0. The topological polar surface area (TPSA) is 23.5 Å². The number of hydrogen-bond acceptors (Lipinski definition) is 2. The molecule has 94 valence electrons. The predicted octanol–water partition coefficient (Wildman–Crippen LogP) is 2.46. The molecule has 0 aromatic heterocycles. The minimum absolute atomic E-state index is 0.315. The fourth-order valence-electron chi connectivity index (χ4n) is 2.82. The number of benzene rings is 1. The van der Waals surface area contributed by atoms with Crippen LogP contribution in [0, 0.1) is 0 Å². The van der Waals surface area contributed by atoms with Crippen molar-refractivity contribution in [1.29, 1.82) is 0 Å². The number of hydrogen-bond donors (Lipinski definition) is 1. The third kappa shape index (κ3) is 3.30. The predicted molar refractivity (Wildman–Crippen MR) is 71.0 cm³/mol. The minimum Gasteiger partial charge on any atom is -0.395 e. The summed E-state index contributed by atoms with van der Waals surface area (Å²) in [4.78, 5) is 2.48. The van der Waals surface area contributed by atoms with E-state index in [0.717, 1.165) is 19.4 Å². The van der Waals surface area contributed by atoms with Gasteiger partial charge >= 0.3 is 0 Å². The molecule has 1 heterocycles. The van der Waals surface area contributed by atoms with Crippen LogP contribution in [0.3, 0.4) is 0 Å². The molecule has 2 unspecified atom stereocenters. The third-order valence-electron chi connectivity index (χ3n) is 3.89. The van der Waals surface area contributed by atoms with Crippen molar-refractivity contribution in [2.24, 2.45) is 0 Å². The van der Waals surface area contributed by atoms with Crippen LogP contribution >= 0.6 is 0 Å².